The molecule has 0 aliphatic rings. The zero-order valence-corrected chi connectivity index (χ0v) is 13.0. The van der Waals surface area contributed by atoms with Gasteiger partial charge in [0.05, 0.1) is 30.8 Å². The molecule has 0 spiro atoms. The number of pyridine rings is 1. The van der Waals surface area contributed by atoms with Gasteiger partial charge in [0.2, 0.25) is 0 Å². The molecule has 23 heavy (non-hydrogen) atoms. The second kappa shape index (κ2) is 5.98. The van der Waals surface area contributed by atoms with Crippen LogP contribution in [0.1, 0.15) is 16.7 Å². The van der Waals surface area contributed by atoms with Gasteiger partial charge in [0, 0.05) is 11.5 Å². The zero-order chi connectivity index (χ0) is 16.4. The lowest BCUT2D eigenvalue weighted by Gasteiger charge is -2.15. The number of nitriles is 1. The van der Waals surface area contributed by atoms with E-state index in [1.165, 1.54) is 0 Å². The van der Waals surface area contributed by atoms with Gasteiger partial charge in [-0.3, -0.25) is 4.79 Å². The van der Waals surface area contributed by atoms with E-state index < -0.39 is 0 Å². The Labute approximate surface area is 134 Å². The molecule has 0 N–H and O–H groups in total. The minimum Gasteiger partial charge on any atom is -0.495 e. The molecule has 4 nitrogen and oxygen atoms in total. The minimum absolute atomic E-state index is 0.104. The van der Waals surface area contributed by atoms with Crippen LogP contribution in [-0.4, -0.2) is 11.7 Å². The van der Waals surface area contributed by atoms with Crippen molar-refractivity contribution in [1.29, 1.82) is 5.26 Å². The molecule has 0 radical (unpaired) electrons. The Kier molecular flexibility index (Phi) is 3.86. The molecular formula is C19H16N2O2. The summed E-state index contributed by atoms with van der Waals surface area (Å²) in [5, 5.41) is 10.2. The lowest BCUT2D eigenvalue weighted by molar-refractivity contribution is 0.417. The summed E-state index contributed by atoms with van der Waals surface area (Å²) in [6.07, 6.45) is 0. The first kappa shape index (κ1) is 14.9. The smallest absolute Gasteiger partial charge is 0.251 e. The van der Waals surface area contributed by atoms with Crippen molar-refractivity contribution in [2.24, 2.45) is 0 Å². The average Bonchev–Trinajstić information content (AvgIpc) is 2.58. The van der Waals surface area contributed by atoms with E-state index in [9.17, 15) is 10.1 Å². The first-order valence-electron chi connectivity index (χ1n) is 7.31. The van der Waals surface area contributed by atoms with Gasteiger partial charge >= 0.3 is 0 Å². The van der Waals surface area contributed by atoms with Crippen molar-refractivity contribution >= 4 is 10.9 Å². The maximum absolute atomic E-state index is 12.6. The van der Waals surface area contributed by atoms with Crippen LogP contribution >= 0.6 is 0 Å². The van der Waals surface area contributed by atoms with Crippen molar-refractivity contribution < 1.29 is 4.74 Å². The Hall–Kier alpha value is -3.06. The summed E-state index contributed by atoms with van der Waals surface area (Å²) in [7, 11) is 1.59. The quantitative estimate of drug-likeness (QED) is 0.746. The van der Waals surface area contributed by atoms with E-state index in [2.05, 4.69) is 6.07 Å². The molecule has 0 atom stereocenters. The fraction of sp³-hybridized carbons (Fsp3) is 0.158. The number of rotatable bonds is 3. The third kappa shape index (κ3) is 2.58. The molecule has 3 rings (SSSR count). The molecule has 2 aromatic carbocycles. The standard InChI is InChI=1S/C19H16N2O2/c1-13-10-18(22)21(12-15-7-4-3-6-14(15)11-20)19-16(13)8-5-9-17(19)23-2/h3-10H,12H2,1-2H3. The molecule has 0 aliphatic carbocycles. The molecule has 4 heteroatoms. The summed E-state index contributed by atoms with van der Waals surface area (Å²) in [6.45, 7) is 2.25. The van der Waals surface area contributed by atoms with E-state index >= 15 is 0 Å². The Balaban J connectivity index is 2.29. The van der Waals surface area contributed by atoms with Crippen LogP contribution in [0.25, 0.3) is 10.9 Å². The van der Waals surface area contributed by atoms with Crippen molar-refractivity contribution in [2.45, 2.75) is 13.5 Å². The van der Waals surface area contributed by atoms with E-state index in [4.69, 9.17) is 4.74 Å². The van der Waals surface area contributed by atoms with Crippen LogP contribution < -0.4 is 10.3 Å². The number of aromatic nitrogens is 1. The fourth-order valence-electron chi connectivity index (χ4n) is 2.83. The summed E-state index contributed by atoms with van der Waals surface area (Å²) in [4.78, 5) is 12.6. The van der Waals surface area contributed by atoms with Crippen LogP contribution in [0.4, 0.5) is 0 Å². The second-order valence-corrected chi connectivity index (χ2v) is 5.38. The highest BCUT2D eigenvalue weighted by Gasteiger charge is 2.12. The van der Waals surface area contributed by atoms with Crippen molar-refractivity contribution in [3.05, 3.63) is 75.6 Å². The predicted molar refractivity (Wildman–Crippen MR) is 89.8 cm³/mol. The van der Waals surface area contributed by atoms with E-state index in [-0.39, 0.29) is 5.56 Å². The number of hydrogen-bond acceptors (Lipinski definition) is 3. The van der Waals surface area contributed by atoms with Gasteiger partial charge in [0.25, 0.3) is 5.56 Å². The van der Waals surface area contributed by atoms with Crippen LogP contribution in [-0.2, 0) is 6.54 Å². The van der Waals surface area contributed by atoms with Crippen LogP contribution in [0.2, 0.25) is 0 Å². The molecule has 0 saturated heterocycles. The van der Waals surface area contributed by atoms with Gasteiger partial charge in [0.15, 0.2) is 0 Å². The Morgan fingerprint density at radius 3 is 2.70 bits per heavy atom. The molecule has 0 bridgehead atoms. The molecule has 0 saturated carbocycles. The van der Waals surface area contributed by atoms with Crippen molar-refractivity contribution in [3.63, 3.8) is 0 Å². The Morgan fingerprint density at radius 2 is 1.96 bits per heavy atom. The Bertz CT molecular complexity index is 981. The highest BCUT2D eigenvalue weighted by Crippen LogP contribution is 2.27. The SMILES string of the molecule is COc1cccc2c(C)cc(=O)n(Cc3ccccc3C#N)c12. The summed E-state index contributed by atoms with van der Waals surface area (Å²) >= 11 is 0. The highest BCUT2D eigenvalue weighted by molar-refractivity contribution is 5.87. The van der Waals surface area contributed by atoms with Crippen molar-refractivity contribution in [1.82, 2.24) is 4.57 Å². The Morgan fingerprint density at radius 1 is 1.17 bits per heavy atom. The number of aryl methyl sites for hydroxylation is 1. The zero-order valence-electron chi connectivity index (χ0n) is 13.0. The minimum atomic E-state index is -0.104. The van der Waals surface area contributed by atoms with Gasteiger partial charge in [-0.25, -0.2) is 0 Å². The van der Waals surface area contributed by atoms with Crippen LogP contribution in [0, 0.1) is 18.3 Å². The highest BCUT2D eigenvalue weighted by atomic mass is 16.5. The fourth-order valence-corrected chi connectivity index (χ4v) is 2.83. The van der Waals surface area contributed by atoms with Gasteiger partial charge in [-0.2, -0.15) is 5.26 Å². The van der Waals surface area contributed by atoms with Gasteiger partial charge in [-0.05, 0) is 30.2 Å². The van der Waals surface area contributed by atoms with Gasteiger partial charge in [0.1, 0.15) is 5.75 Å². The van der Waals surface area contributed by atoms with Crippen molar-refractivity contribution in [3.8, 4) is 11.8 Å². The largest absolute Gasteiger partial charge is 0.495 e. The van der Waals surface area contributed by atoms with E-state index in [1.54, 1.807) is 23.8 Å². The third-order valence-corrected chi connectivity index (χ3v) is 3.99. The number of ether oxygens (including phenoxy) is 1. The van der Waals surface area contributed by atoms with Crippen LogP contribution in [0.15, 0.2) is 53.3 Å². The first-order valence-corrected chi connectivity index (χ1v) is 7.31. The van der Waals surface area contributed by atoms with Crippen LogP contribution in [0.5, 0.6) is 5.75 Å². The predicted octanol–water partition coefficient (Wildman–Crippen LogP) is 3.24. The van der Waals surface area contributed by atoms with Gasteiger partial charge in [-0.15, -0.1) is 0 Å². The monoisotopic (exact) mass is 304 g/mol. The summed E-state index contributed by atoms with van der Waals surface area (Å²) in [5.41, 5.74) is 2.95. The number of hydrogen-bond donors (Lipinski definition) is 0. The summed E-state index contributed by atoms with van der Waals surface area (Å²) in [6, 6.07) is 16.8. The van der Waals surface area contributed by atoms with Gasteiger partial charge in [-0.1, -0.05) is 30.3 Å². The number of methoxy groups -OCH3 is 1. The third-order valence-electron chi connectivity index (χ3n) is 3.99. The van der Waals surface area contributed by atoms with Crippen LogP contribution in [0.3, 0.4) is 0 Å². The molecule has 0 unspecified atom stereocenters. The molecule has 0 amide bonds. The average molecular weight is 304 g/mol. The first-order chi connectivity index (χ1) is 11.2. The second-order valence-electron chi connectivity index (χ2n) is 5.38. The molecule has 0 aliphatic heterocycles. The maximum atomic E-state index is 12.6. The molecular weight excluding hydrogens is 288 g/mol. The molecule has 1 aromatic heterocycles. The normalized spacial score (nSPS) is 10.5. The van der Waals surface area contributed by atoms with E-state index in [0.717, 1.165) is 22.0 Å². The topological polar surface area (TPSA) is 55.0 Å². The lowest BCUT2D eigenvalue weighted by Crippen LogP contribution is -2.21. The summed E-state index contributed by atoms with van der Waals surface area (Å²) < 4.78 is 7.11. The molecule has 3 aromatic rings. The molecule has 114 valence electrons. The maximum Gasteiger partial charge on any atom is 0.251 e. The van der Waals surface area contributed by atoms with E-state index in [0.29, 0.717) is 17.9 Å². The number of benzene rings is 2. The number of fused-ring (bicyclic) bond motifs is 1. The molecule has 0 fully saturated rings. The van der Waals surface area contributed by atoms with Crippen molar-refractivity contribution in [2.75, 3.05) is 7.11 Å². The lowest BCUT2D eigenvalue weighted by atomic mass is 10.1. The van der Waals surface area contributed by atoms with E-state index in [1.807, 2.05) is 43.3 Å². The number of nitrogens with zero attached hydrogens (tertiary/aromatic N) is 2. The molecule has 1 heterocycles. The van der Waals surface area contributed by atoms with Gasteiger partial charge < -0.3 is 9.30 Å². The number of para-hydroxylation sites is 1. The summed E-state index contributed by atoms with van der Waals surface area (Å²) in [5.74, 6) is 0.651.